The monoisotopic (exact) mass is 292 g/mol. The van der Waals surface area contributed by atoms with Gasteiger partial charge in [0.05, 0.1) is 12.7 Å². The van der Waals surface area contributed by atoms with E-state index in [0.717, 1.165) is 12.0 Å². The Bertz CT molecular complexity index is 455. The molecule has 0 aliphatic heterocycles. The molecule has 1 atom stereocenters. The Hall–Kier alpha value is -1.68. The lowest BCUT2D eigenvalue weighted by Gasteiger charge is -2.27. The Morgan fingerprint density at radius 1 is 1.19 bits per heavy atom. The molecular weight excluding hydrogens is 268 g/mol. The van der Waals surface area contributed by atoms with Gasteiger partial charge in [-0.1, -0.05) is 43.7 Å². The predicted octanol–water partition coefficient (Wildman–Crippen LogP) is 2.67. The van der Waals surface area contributed by atoms with Crippen LogP contribution in [-0.2, 0) is 20.7 Å². The number of hydrogen-bond donors (Lipinski definition) is 1. The summed E-state index contributed by atoms with van der Waals surface area (Å²) in [4.78, 5) is 23.0. The van der Waals surface area contributed by atoms with E-state index in [9.17, 15) is 14.7 Å². The molecule has 0 bridgehead atoms. The van der Waals surface area contributed by atoms with Crippen LogP contribution in [0.4, 0.5) is 0 Å². The van der Waals surface area contributed by atoms with Crippen LogP contribution < -0.4 is 0 Å². The van der Waals surface area contributed by atoms with Crippen molar-refractivity contribution in [3.63, 3.8) is 0 Å². The fourth-order valence-electron chi connectivity index (χ4n) is 2.45. The lowest BCUT2D eigenvalue weighted by Crippen LogP contribution is -2.33. The number of hydrogen-bond acceptors (Lipinski definition) is 4. The second kappa shape index (κ2) is 8.57. The number of ketones is 1. The number of carbonyl (C=O) groups is 2. The lowest BCUT2D eigenvalue weighted by atomic mass is 9.85. The van der Waals surface area contributed by atoms with Gasteiger partial charge in [-0.3, -0.25) is 9.59 Å². The van der Waals surface area contributed by atoms with E-state index < -0.39 is 11.6 Å². The highest BCUT2D eigenvalue weighted by Gasteiger charge is 2.29. The minimum Gasteiger partial charge on any atom is -0.469 e. The van der Waals surface area contributed by atoms with Gasteiger partial charge >= 0.3 is 5.97 Å². The number of aliphatic hydroxyl groups is 1. The van der Waals surface area contributed by atoms with Crippen LogP contribution in [0.5, 0.6) is 0 Å². The van der Waals surface area contributed by atoms with Crippen molar-refractivity contribution in [2.75, 3.05) is 7.11 Å². The number of aryl methyl sites for hydroxylation is 1. The second-order valence-corrected chi connectivity index (χ2v) is 5.43. The molecule has 0 aliphatic carbocycles. The molecule has 116 valence electrons. The third-order valence-electron chi connectivity index (χ3n) is 3.53. The van der Waals surface area contributed by atoms with E-state index in [0.29, 0.717) is 19.3 Å². The van der Waals surface area contributed by atoms with Crippen LogP contribution >= 0.6 is 0 Å². The van der Waals surface area contributed by atoms with Crippen LogP contribution in [0.15, 0.2) is 30.3 Å². The summed E-state index contributed by atoms with van der Waals surface area (Å²) in [5.74, 6) is -0.826. The van der Waals surface area contributed by atoms with Crippen molar-refractivity contribution in [2.24, 2.45) is 0 Å². The molecule has 0 spiro atoms. The smallest absolute Gasteiger partial charge is 0.313 e. The Kier molecular flexibility index (Phi) is 7.09. The fraction of sp³-hybridized carbons (Fsp3) is 0.529. The average Bonchev–Trinajstić information content (AvgIpc) is 2.46. The predicted molar refractivity (Wildman–Crippen MR) is 80.9 cm³/mol. The van der Waals surface area contributed by atoms with Gasteiger partial charge in [0.25, 0.3) is 0 Å². The van der Waals surface area contributed by atoms with Crippen LogP contribution in [0.2, 0.25) is 0 Å². The van der Waals surface area contributed by atoms with Crippen molar-refractivity contribution in [3.05, 3.63) is 35.9 Å². The fourth-order valence-corrected chi connectivity index (χ4v) is 2.45. The topological polar surface area (TPSA) is 63.6 Å². The van der Waals surface area contributed by atoms with Gasteiger partial charge in [-0.2, -0.15) is 0 Å². The van der Waals surface area contributed by atoms with Gasteiger partial charge in [-0.15, -0.1) is 0 Å². The quantitative estimate of drug-likeness (QED) is 0.561. The molecule has 0 amide bonds. The van der Waals surface area contributed by atoms with Crippen LogP contribution in [0, 0.1) is 0 Å². The average molecular weight is 292 g/mol. The van der Waals surface area contributed by atoms with Crippen LogP contribution in [0.25, 0.3) is 0 Å². The largest absolute Gasteiger partial charge is 0.469 e. The Morgan fingerprint density at radius 3 is 2.43 bits per heavy atom. The standard InChI is InChI=1S/C17H24O4/c1-3-10-17(20,13-15(18)12-16(19)21-2)11-9-14-7-5-4-6-8-14/h4-8,20H,3,9-13H2,1-2H3. The van der Waals surface area contributed by atoms with Crippen LogP contribution in [-0.4, -0.2) is 29.6 Å². The zero-order valence-corrected chi connectivity index (χ0v) is 12.8. The van der Waals surface area contributed by atoms with E-state index in [4.69, 9.17) is 0 Å². The first-order valence-electron chi connectivity index (χ1n) is 7.34. The zero-order chi connectivity index (χ0) is 15.7. The number of rotatable bonds is 9. The maximum atomic E-state index is 11.9. The number of esters is 1. The maximum Gasteiger partial charge on any atom is 0.313 e. The highest BCUT2D eigenvalue weighted by Crippen LogP contribution is 2.25. The molecular formula is C17H24O4. The van der Waals surface area contributed by atoms with Gasteiger partial charge < -0.3 is 9.84 Å². The Labute approximate surface area is 126 Å². The number of benzene rings is 1. The molecule has 0 radical (unpaired) electrons. The first-order valence-corrected chi connectivity index (χ1v) is 7.34. The van der Waals surface area contributed by atoms with Gasteiger partial charge in [0.2, 0.25) is 0 Å². The number of carbonyl (C=O) groups excluding carboxylic acids is 2. The minimum absolute atomic E-state index is 0.00275. The summed E-state index contributed by atoms with van der Waals surface area (Å²) in [6.45, 7) is 1.97. The maximum absolute atomic E-state index is 11.9. The van der Waals surface area contributed by atoms with E-state index in [1.807, 2.05) is 37.3 Å². The summed E-state index contributed by atoms with van der Waals surface area (Å²) < 4.78 is 4.48. The van der Waals surface area contributed by atoms with Crippen LogP contribution in [0.3, 0.4) is 0 Å². The van der Waals surface area contributed by atoms with Crippen LogP contribution in [0.1, 0.15) is 44.6 Å². The molecule has 0 saturated carbocycles. The summed E-state index contributed by atoms with van der Waals surface area (Å²) in [6, 6.07) is 9.86. The highest BCUT2D eigenvalue weighted by atomic mass is 16.5. The molecule has 21 heavy (non-hydrogen) atoms. The van der Waals surface area contributed by atoms with E-state index in [-0.39, 0.29) is 18.6 Å². The van der Waals surface area contributed by atoms with Crippen molar-refractivity contribution in [1.29, 1.82) is 0 Å². The molecule has 4 nitrogen and oxygen atoms in total. The summed E-state index contributed by atoms with van der Waals surface area (Å²) in [5, 5.41) is 10.7. The molecule has 4 heteroatoms. The third kappa shape index (κ3) is 6.54. The molecule has 1 aromatic carbocycles. The summed E-state index contributed by atoms with van der Waals surface area (Å²) >= 11 is 0. The Balaban J connectivity index is 2.60. The molecule has 1 N–H and O–H groups in total. The molecule has 1 unspecified atom stereocenters. The first kappa shape index (κ1) is 17.4. The molecule has 0 saturated heterocycles. The van der Waals surface area contributed by atoms with E-state index in [2.05, 4.69) is 4.74 Å². The molecule has 0 aliphatic rings. The summed E-state index contributed by atoms with van der Waals surface area (Å²) in [6.07, 6.45) is 2.29. The van der Waals surface area contributed by atoms with Crippen molar-refractivity contribution < 1.29 is 19.4 Å². The van der Waals surface area contributed by atoms with Crippen molar-refractivity contribution in [2.45, 2.75) is 51.0 Å². The molecule has 1 rings (SSSR count). The molecule has 0 heterocycles. The molecule has 0 fully saturated rings. The lowest BCUT2D eigenvalue weighted by molar-refractivity contribution is -0.144. The second-order valence-electron chi connectivity index (χ2n) is 5.43. The van der Waals surface area contributed by atoms with Gasteiger partial charge in [0.15, 0.2) is 0 Å². The number of Topliss-reactive ketones (excluding diaryl/α,β-unsaturated/α-hetero) is 1. The third-order valence-corrected chi connectivity index (χ3v) is 3.53. The normalized spacial score (nSPS) is 13.5. The first-order chi connectivity index (χ1) is 9.99. The van der Waals surface area contributed by atoms with Gasteiger partial charge in [-0.25, -0.2) is 0 Å². The summed E-state index contributed by atoms with van der Waals surface area (Å²) in [5.41, 5.74) is 0.0860. The van der Waals surface area contributed by atoms with Crippen molar-refractivity contribution in [3.8, 4) is 0 Å². The van der Waals surface area contributed by atoms with Gasteiger partial charge in [-0.05, 0) is 24.8 Å². The number of ether oxygens (including phenoxy) is 1. The molecule has 1 aromatic rings. The summed E-state index contributed by atoms with van der Waals surface area (Å²) in [7, 11) is 1.25. The SMILES string of the molecule is CCCC(O)(CCc1ccccc1)CC(=O)CC(=O)OC. The van der Waals surface area contributed by atoms with Gasteiger partial charge in [0.1, 0.15) is 12.2 Å². The van der Waals surface area contributed by atoms with E-state index in [1.54, 1.807) is 0 Å². The molecule has 0 aromatic heterocycles. The number of methoxy groups -OCH3 is 1. The van der Waals surface area contributed by atoms with Crippen molar-refractivity contribution >= 4 is 11.8 Å². The van der Waals surface area contributed by atoms with Crippen molar-refractivity contribution in [1.82, 2.24) is 0 Å². The van der Waals surface area contributed by atoms with Gasteiger partial charge in [0, 0.05) is 6.42 Å². The highest BCUT2D eigenvalue weighted by molar-refractivity contribution is 5.95. The Morgan fingerprint density at radius 2 is 1.86 bits per heavy atom. The minimum atomic E-state index is -1.05. The van der Waals surface area contributed by atoms with E-state index in [1.165, 1.54) is 7.11 Å². The zero-order valence-electron chi connectivity index (χ0n) is 12.8. The van der Waals surface area contributed by atoms with E-state index >= 15 is 0 Å².